The molecule has 5 nitrogen and oxygen atoms in total. The first kappa shape index (κ1) is 14.4. The maximum Gasteiger partial charge on any atom is 0.268 e. The van der Waals surface area contributed by atoms with E-state index in [0.29, 0.717) is 34.7 Å². The smallest absolute Gasteiger partial charge is 0.268 e. The van der Waals surface area contributed by atoms with Gasteiger partial charge in [-0.1, -0.05) is 54.5 Å². The first-order valence-electron chi connectivity index (χ1n) is 7.81. The fourth-order valence-corrected chi connectivity index (χ4v) is 2.76. The Bertz CT molecular complexity index is 1060. The van der Waals surface area contributed by atoms with E-state index in [2.05, 4.69) is 10.1 Å². The van der Waals surface area contributed by atoms with Gasteiger partial charge in [0, 0.05) is 18.1 Å². The van der Waals surface area contributed by atoms with Gasteiger partial charge in [0.05, 0.1) is 10.9 Å². The summed E-state index contributed by atoms with van der Waals surface area (Å²) >= 11 is 0. The molecule has 0 aliphatic carbocycles. The predicted molar refractivity (Wildman–Crippen MR) is 92.2 cm³/mol. The molecule has 0 fully saturated rings. The van der Waals surface area contributed by atoms with Crippen molar-refractivity contribution in [2.24, 2.45) is 0 Å². The fraction of sp³-hybridized carbons (Fsp3) is 0.105. The van der Waals surface area contributed by atoms with Crippen LogP contribution in [0.2, 0.25) is 0 Å². The van der Waals surface area contributed by atoms with Crippen LogP contribution < -0.4 is 5.56 Å². The minimum absolute atomic E-state index is 0.145. The van der Waals surface area contributed by atoms with E-state index < -0.39 is 0 Å². The number of hydrogen-bond acceptors (Lipinski definition) is 4. The molecule has 118 valence electrons. The molecule has 4 aromatic rings. The molecule has 0 aliphatic heterocycles. The molecule has 0 bridgehead atoms. The molecule has 0 atom stereocenters. The van der Waals surface area contributed by atoms with Gasteiger partial charge in [-0.05, 0) is 12.1 Å². The maximum atomic E-state index is 12.9. The fourth-order valence-electron chi connectivity index (χ4n) is 2.76. The third-order valence-electron chi connectivity index (χ3n) is 3.95. The number of nitrogens with zero attached hydrogens (tertiary/aromatic N) is 3. The lowest BCUT2D eigenvalue weighted by molar-refractivity contribution is 0.403. The Labute approximate surface area is 138 Å². The van der Waals surface area contributed by atoms with Gasteiger partial charge in [0.2, 0.25) is 5.88 Å². The third kappa shape index (κ3) is 2.31. The van der Waals surface area contributed by atoms with Crippen LogP contribution in [-0.2, 0) is 6.42 Å². The summed E-state index contributed by atoms with van der Waals surface area (Å²) in [5.74, 6) is 1.03. The summed E-state index contributed by atoms with van der Waals surface area (Å²) < 4.78 is 6.95. The summed E-state index contributed by atoms with van der Waals surface area (Å²) in [6, 6.07) is 18.8. The highest BCUT2D eigenvalue weighted by Crippen LogP contribution is 2.21. The van der Waals surface area contributed by atoms with Gasteiger partial charge in [0.15, 0.2) is 0 Å². The second kappa shape index (κ2) is 5.77. The summed E-state index contributed by atoms with van der Waals surface area (Å²) in [6.45, 7) is 1.96. The van der Waals surface area contributed by atoms with Crippen molar-refractivity contribution in [3.63, 3.8) is 0 Å². The zero-order valence-electron chi connectivity index (χ0n) is 13.1. The van der Waals surface area contributed by atoms with E-state index in [1.165, 1.54) is 4.57 Å². The average molecular weight is 317 g/mol. The summed E-state index contributed by atoms with van der Waals surface area (Å²) in [4.78, 5) is 17.5. The van der Waals surface area contributed by atoms with Crippen molar-refractivity contribution < 1.29 is 4.52 Å². The second-order valence-corrected chi connectivity index (χ2v) is 5.46. The minimum atomic E-state index is -0.145. The van der Waals surface area contributed by atoms with Gasteiger partial charge in [-0.2, -0.15) is 0 Å². The lowest BCUT2D eigenvalue weighted by Crippen LogP contribution is -2.23. The van der Waals surface area contributed by atoms with Crippen LogP contribution in [-0.4, -0.2) is 14.7 Å². The predicted octanol–water partition coefficient (Wildman–Crippen LogP) is 3.60. The average Bonchev–Trinajstić information content (AvgIpc) is 3.12. The van der Waals surface area contributed by atoms with Crippen LogP contribution in [0.15, 0.2) is 70.0 Å². The highest BCUT2D eigenvalue weighted by Gasteiger charge is 2.15. The molecular weight excluding hydrogens is 302 g/mol. The van der Waals surface area contributed by atoms with E-state index >= 15 is 0 Å². The Hall–Kier alpha value is -3.21. The molecule has 2 aromatic heterocycles. The summed E-state index contributed by atoms with van der Waals surface area (Å²) in [7, 11) is 0. The zero-order chi connectivity index (χ0) is 16.5. The molecule has 0 unspecified atom stereocenters. The van der Waals surface area contributed by atoms with Crippen molar-refractivity contribution in [2.45, 2.75) is 13.3 Å². The van der Waals surface area contributed by atoms with E-state index in [0.717, 1.165) is 5.56 Å². The number of benzene rings is 2. The standard InChI is InChI=1S/C19H15N3O2/c1-2-17-20-15-11-7-6-10-14(15)19(23)22(17)18-12-16(21-24-18)13-8-4-3-5-9-13/h3-12H,2H2,1H3. The molecule has 2 aromatic carbocycles. The molecule has 0 N–H and O–H groups in total. The molecule has 0 radical (unpaired) electrons. The molecule has 4 rings (SSSR count). The Kier molecular flexibility index (Phi) is 3.46. The number of aryl methyl sites for hydroxylation is 1. The number of hydrogen-bond donors (Lipinski definition) is 0. The molecule has 0 amide bonds. The van der Waals surface area contributed by atoms with Gasteiger partial charge < -0.3 is 4.52 Å². The molecule has 24 heavy (non-hydrogen) atoms. The van der Waals surface area contributed by atoms with Crippen molar-refractivity contribution in [3.8, 4) is 17.1 Å². The summed E-state index contributed by atoms with van der Waals surface area (Å²) in [6.07, 6.45) is 0.613. The van der Waals surface area contributed by atoms with Crippen molar-refractivity contribution >= 4 is 10.9 Å². The molecular formula is C19H15N3O2. The SMILES string of the molecule is CCc1nc2ccccc2c(=O)n1-c1cc(-c2ccccc2)no1. The maximum absolute atomic E-state index is 12.9. The van der Waals surface area contributed by atoms with Crippen molar-refractivity contribution in [1.82, 2.24) is 14.7 Å². The van der Waals surface area contributed by atoms with E-state index in [-0.39, 0.29) is 5.56 Å². The van der Waals surface area contributed by atoms with E-state index in [1.54, 1.807) is 12.1 Å². The molecule has 0 aliphatic rings. The quantitative estimate of drug-likeness (QED) is 0.579. The number of fused-ring (bicyclic) bond motifs is 1. The first-order chi connectivity index (χ1) is 11.8. The number of para-hydroxylation sites is 1. The van der Waals surface area contributed by atoms with Crippen molar-refractivity contribution in [1.29, 1.82) is 0 Å². The van der Waals surface area contributed by atoms with E-state index in [9.17, 15) is 4.79 Å². The highest BCUT2D eigenvalue weighted by atomic mass is 16.5. The van der Waals surface area contributed by atoms with Crippen LogP contribution >= 0.6 is 0 Å². The minimum Gasteiger partial charge on any atom is -0.337 e. The first-order valence-corrected chi connectivity index (χ1v) is 7.81. The number of aromatic nitrogens is 3. The van der Waals surface area contributed by atoms with Crippen LogP contribution in [0, 0.1) is 0 Å². The largest absolute Gasteiger partial charge is 0.337 e. The Morgan fingerprint density at radius 3 is 2.58 bits per heavy atom. The summed E-state index contributed by atoms with van der Waals surface area (Å²) in [5.41, 5.74) is 2.17. The van der Waals surface area contributed by atoms with Gasteiger partial charge in [-0.15, -0.1) is 0 Å². The van der Waals surface area contributed by atoms with E-state index in [4.69, 9.17) is 4.52 Å². The van der Waals surface area contributed by atoms with Crippen molar-refractivity contribution in [2.75, 3.05) is 0 Å². The van der Waals surface area contributed by atoms with Crippen LogP contribution in [0.3, 0.4) is 0 Å². The van der Waals surface area contributed by atoms with Gasteiger partial charge >= 0.3 is 0 Å². The van der Waals surface area contributed by atoms with Gasteiger partial charge in [0.25, 0.3) is 5.56 Å². The molecule has 0 saturated heterocycles. The van der Waals surface area contributed by atoms with E-state index in [1.807, 2.05) is 55.5 Å². The number of rotatable bonds is 3. The van der Waals surface area contributed by atoms with Crippen LogP contribution in [0.5, 0.6) is 0 Å². The van der Waals surface area contributed by atoms with Gasteiger partial charge in [-0.25, -0.2) is 9.55 Å². The molecule has 0 saturated carbocycles. The van der Waals surface area contributed by atoms with Crippen LogP contribution in [0.4, 0.5) is 0 Å². The third-order valence-corrected chi connectivity index (χ3v) is 3.95. The molecule has 2 heterocycles. The second-order valence-electron chi connectivity index (χ2n) is 5.46. The molecule has 5 heteroatoms. The molecule has 0 spiro atoms. The summed E-state index contributed by atoms with van der Waals surface area (Å²) in [5, 5.41) is 4.66. The highest BCUT2D eigenvalue weighted by molar-refractivity contribution is 5.77. The van der Waals surface area contributed by atoms with Crippen LogP contribution in [0.1, 0.15) is 12.7 Å². The van der Waals surface area contributed by atoms with Gasteiger partial charge in [0.1, 0.15) is 11.5 Å². The monoisotopic (exact) mass is 317 g/mol. The van der Waals surface area contributed by atoms with Crippen LogP contribution in [0.25, 0.3) is 28.0 Å². The Morgan fingerprint density at radius 1 is 1.04 bits per heavy atom. The van der Waals surface area contributed by atoms with Crippen molar-refractivity contribution in [3.05, 3.63) is 76.8 Å². The lowest BCUT2D eigenvalue weighted by Gasteiger charge is -2.08. The lowest BCUT2D eigenvalue weighted by atomic mass is 10.1. The Morgan fingerprint density at radius 2 is 1.79 bits per heavy atom. The Balaban J connectivity index is 1.92. The zero-order valence-corrected chi connectivity index (χ0v) is 13.1. The van der Waals surface area contributed by atoms with Gasteiger partial charge in [-0.3, -0.25) is 4.79 Å². The topological polar surface area (TPSA) is 60.9 Å². The normalized spacial score (nSPS) is 11.0.